The zero-order valence-corrected chi connectivity index (χ0v) is 28.2. The van der Waals surface area contributed by atoms with E-state index in [4.69, 9.17) is 9.98 Å². The molecule has 0 atom stereocenters. The predicted octanol–water partition coefficient (Wildman–Crippen LogP) is 11.5. The Bertz CT molecular complexity index is 2030. The van der Waals surface area contributed by atoms with Gasteiger partial charge in [-0.15, -0.1) is 11.3 Å². The maximum atomic E-state index is 5.45. The lowest BCUT2D eigenvalue weighted by Gasteiger charge is -2.30. The molecule has 2 nitrogen and oxygen atoms in total. The highest BCUT2D eigenvalue weighted by atomic mass is 32.1. The van der Waals surface area contributed by atoms with E-state index in [9.17, 15) is 0 Å². The molecule has 0 unspecified atom stereocenters. The smallest absolute Gasteiger partial charge is 0.0726 e. The van der Waals surface area contributed by atoms with E-state index in [1.54, 1.807) is 0 Å². The molecule has 0 fully saturated rings. The van der Waals surface area contributed by atoms with Gasteiger partial charge in [0.25, 0.3) is 0 Å². The van der Waals surface area contributed by atoms with Crippen molar-refractivity contribution in [2.45, 2.75) is 38.5 Å². The lowest BCUT2D eigenvalue weighted by Crippen LogP contribution is -2.27. The normalized spacial score (nSPS) is 21.0. The molecule has 0 amide bonds. The summed E-state index contributed by atoms with van der Waals surface area (Å²) in [4.78, 5) is 13.3. The molecule has 46 heavy (non-hydrogen) atoms. The Hall–Kier alpha value is -4.56. The second-order valence-corrected chi connectivity index (χ2v) is 16.3. The number of rotatable bonds is 3. The van der Waals surface area contributed by atoms with Crippen LogP contribution in [0.5, 0.6) is 0 Å². The van der Waals surface area contributed by atoms with E-state index in [1.165, 1.54) is 47.9 Å². The summed E-state index contributed by atoms with van der Waals surface area (Å²) in [6.07, 6.45) is 8.95. The second-order valence-electron chi connectivity index (χ2n) is 13.1. The summed E-state index contributed by atoms with van der Waals surface area (Å²) < 4.78 is 0. The molecule has 0 saturated carbocycles. The summed E-state index contributed by atoms with van der Waals surface area (Å²) in [5.74, 6) is 0. The van der Waals surface area contributed by atoms with Gasteiger partial charge in [0.05, 0.1) is 22.8 Å². The van der Waals surface area contributed by atoms with E-state index in [1.807, 2.05) is 11.3 Å². The number of hydrogen-bond donors (Lipinski definition) is 0. The van der Waals surface area contributed by atoms with E-state index >= 15 is 0 Å². The summed E-state index contributed by atoms with van der Waals surface area (Å²) in [7, 11) is -0.783. The van der Waals surface area contributed by atoms with E-state index in [2.05, 4.69) is 167 Å². The maximum Gasteiger partial charge on any atom is 0.0726 e. The van der Waals surface area contributed by atoms with Crippen molar-refractivity contribution in [3.63, 3.8) is 0 Å². The van der Waals surface area contributed by atoms with Crippen molar-refractivity contribution in [3.8, 4) is 5.30 Å². The van der Waals surface area contributed by atoms with Crippen LogP contribution in [0.25, 0.3) is 16.5 Å². The minimum atomic E-state index is -0.783. The van der Waals surface area contributed by atoms with Gasteiger partial charge >= 0.3 is 0 Å². The first-order chi connectivity index (χ1) is 22.3. The summed E-state index contributed by atoms with van der Waals surface area (Å²) in [5.41, 5.74) is 8.37. The van der Waals surface area contributed by atoms with Crippen molar-refractivity contribution in [2.24, 2.45) is 9.98 Å². The molecule has 0 spiro atoms. The Labute approximate surface area is 276 Å². The van der Waals surface area contributed by atoms with Gasteiger partial charge in [0.15, 0.2) is 0 Å². The predicted molar refractivity (Wildman–Crippen MR) is 199 cm³/mol. The van der Waals surface area contributed by atoms with Crippen molar-refractivity contribution in [1.82, 2.24) is 0 Å². The number of aliphatic imine (C=N–C) groups is 2. The van der Waals surface area contributed by atoms with Gasteiger partial charge < -0.3 is 0 Å². The third-order valence-electron chi connectivity index (χ3n) is 9.47. The SMILES string of the molecule is CC1(C)C2=N/C(=C(/c3ccccc3)c3ccc(s3)/C(c3ccccc3)=C3/C=CC(=N3)C(C)(C)c3ccc1p3-c1ccccc1)C=C2. The zero-order chi connectivity index (χ0) is 31.5. The van der Waals surface area contributed by atoms with Gasteiger partial charge in [0.1, 0.15) is 0 Å². The third kappa shape index (κ3) is 4.69. The first kappa shape index (κ1) is 28.9. The monoisotopic (exact) mass is 630 g/mol. The molecule has 0 N–H and O–H groups in total. The molecule has 0 radical (unpaired) electrons. The molecule has 5 heterocycles. The lowest BCUT2D eigenvalue weighted by molar-refractivity contribution is 0.737. The molecule has 224 valence electrons. The fourth-order valence-corrected chi connectivity index (χ4v) is 11.1. The van der Waals surface area contributed by atoms with Gasteiger partial charge in [-0.3, -0.25) is 9.98 Å². The van der Waals surface area contributed by atoms with E-state index in [0.29, 0.717) is 0 Å². The molecule has 2 aromatic heterocycles. The third-order valence-corrected chi connectivity index (χ3v) is 13.8. The Morgan fingerprint density at radius 2 is 0.891 bits per heavy atom. The van der Waals surface area contributed by atoms with Crippen LogP contribution in [0, 0.1) is 0 Å². The van der Waals surface area contributed by atoms with Crippen molar-refractivity contribution in [1.29, 1.82) is 0 Å². The van der Waals surface area contributed by atoms with Gasteiger partial charge in [0.2, 0.25) is 0 Å². The van der Waals surface area contributed by atoms with Crippen molar-refractivity contribution >= 4 is 41.4 Å². The van der Waals surface area contributed by atoms with Crippen molar-refractivity contribution in [3.05, 3.63) is 182 Å². The quantitative estimate of drug-likeness (QED) is 0.189. The maximum absolute atomic E-state index is 5.45. The highest BCUT2D eigenvalue weighted by Gasteiger charge is 2.38. The molecule has 8 bridgehead atoms. The average Bonchev–Trinajstić information content (AvgIpc) is 3.90. The standard InChI is InChI=1S/C42H35N2PS/c1-41(2)35-24-20-31(43-35)39(28-14-8-5-9-15-28)33-22-23-34(46-33)40(29-16-10-6-11-17-29)32-21-25-36(44-32)42(3,4)38-27-26-37(41)45(38)30-18-12-7-13-19-30/h5-27H,1-4H3/b39-31-,40-32-. The molecule has 5 aromatic rings. The second kappa shape index (κ2) is 11.1. The van der Waals surface area contributed by atoms with Crippen LogP contribution in [0.3, 0.4) is 0 Å². The van der Waals surface area contributed by atoms with E-state index in [-0.39, 0.29) is 10.8 Å². The Balaban J connectivity index is 1.46. The Kier molecular flexibility index (Phi) is 6.94. The molecular weight excluding hydrogens is 596 g/mol. The van der Waals surface area contributed by atoms with E-state index in [0.717, 1.165) is 22.8 Å². The highest BCUT2D eigenvalue weighted by Crippen LogP contribution is 2.57. The van der Waals surface area contributed by atoms with Gasteiger partial charge in [-0.2, -0.15) is 0 Å². The number of benzene rings is 3. The number of fused-ring (bicyclic) bond motifs is 6. The topological polar surface area (TPSA) is 24.7 Å². The lowest BCUT2D eigenvalue weighted by atomic mass is 9.84. The van der Waals surface area contributed by atoms with Gasteiger partial charge in [-0.05, 0) is 91.2 Å². The number of hydrogen-bond acceptors (Lipinski definition) is 3. The summed E-state index contributed by atoms with van der Waals surface area (Å²) in [6, 6.07) is 41.8. The Morgan fingerprint density at radius 3 is 1.33 bits per heavy atom. The van der Waals surface area contributed by atoms with Crippen LogP contribution >= 0.6 is 18.9 Å². The minimum absolute atomic E-state index is 0.271. The van der Waals surface area contributed by atoms with Crippen LogP contribution in [-0.2, 0) is 10.8 Å². The summed E-state index contributed by atoms with van der Waals surface area (Å²) in [6.45, 7) is 9.39. The summed E-state index contributed by atoms with van der Waals surface area (Å²) >= 11 is 1.82. The van der Waals surface area contributed by atoms with Crippen LogP contribution in [0.4, 0.5) is 0 Å². The molecule has 3 aliphatic heterocycles. The average molecular weight is 631 g/mol. The van der Waals surface area contributed by atoms with Gasteiger partial charge in [-0.1, -0.05) is 111 Å². The number of nitrogens with zero attached hydrogens (tertiary/aromatic N) is 2. The molecule has 8 rings (SSSR count). The molecular formula is C42H35N2PS. The number of thiophene rings is 1. The van der Waals surface area contributed by atoms with Crippen LogP contribution in [-0.4, -0.2) is 11.4 Å². The van der Waals surface area contributed by atoms with Crippen LogP contribution < -0.4 is 0 Å². The van der Waals surface area contributed by atoms with Crippen LogP contribution in [0.1, 0.15) is 59.2 Å². The first-order valence-corrected chi connectivity index (χ1v) is 18.0. The fraction of sp³-hybridized carbons (Fsp3) is 0.143. The van der Waals surface area contributed by atoms with Crippen LogP contribution in [0.15, 0.2) is 161 Å². The number of allylic oxidation sites excluding steroid dienone is 4. The van der Waals surface area contributed by atoms with Gasteiger partial charge in [-0.25, -0.2) is 0 Å². The van der Waals surface area contributed by atoms with Gasteiger partial charge in [0, 0.05) is 31.7 Å². The van der Waals surface area contributed by atoms with Crippen LogP contribution in [0.2, 0.25) is 0 Å². The molecule has 3 aliphatic rings. The minimum Gasteiger partial charge on any atom is -0.252 e. The fourth-order valence-electron chi connectivity index (χ4n) is 6.88. The van der Waals surface area contributed by atoms with Crippen molar-refractivity contribution < 1.29 is 0 Å². The molecule has 0 aliphatic carbocycles. The molecule has 4 heteroatoms. The Morgan fingerprint density at radius 1 is 0.478 bits per heavy atom. The zero-order valence-electron chi connectivity index (χ0n) is 26.5. The summed E-state index contributed by atoms with van der Waals surface area (Å²) in [5, 5.41) is 4.22. The van der Waals surface area contributed by atoms with Crippen molar-refractivity contribution in [2.75, 3.05) is 0 Å². The highest BCUT2D eigenvalue weighted by molar-refractivity contribution is 7.59. The first-order valence-electron chi connectivity index (χ1n) is 15.8. The molecule has 3 aromatic carbocycles. The molecule has 0 saturated heterocycles. The largest absolute Gasteiger partial charge is 0.252 e. The van der Waals surface area contributed by atoms with E-state index < -0.39 is 7.53 Å².